The van der Waals surface area contributed by atoms with E-state index in [1.165, 1.54) is 20.1 Å². The van der Waals surface area contributed by atoms with Crippen LogP contribution in [0.3, 0.4) is 0 Å². The second kappa shape index (κ2) is 8.71. The maximum Gasteiger partial charge on any atom is 0.286 e. The molecular weight excluding hydrogens is 383 g/mol. The van der Waals surface area contributed by atoms with Gasteiger partial charge in [0.1, 0.15) is 12.4 Å². The van der Waals surface area contributed by atoms with Gasteiger partial charge in [0.15, 0.2) is 16.7 Å². The Bertz CT molecular complexity index is 988. The van der Waals surface area contributed by atoms with Crippen LogP contribution in [0.1, 0.15) is 18.1 Å². The molecule has 0 unspecified atom stereocenters. The van der Waals surface area contributed by atoms with Crippen molar-refractivity contribution in [3.63, 3.8) is 0 Å². The predicted molar refractivity (Wildman–Crippen MR) is 106 cm³/mol. The number of thioether (sulfide) groups is 1. The van der Waals surface area contributed by atoms with Gasteiger partial charge in [0.2, 0.25) is 5.91 Å². The molecular formula is C20H17FN2O4S. The van der Waals surface area contributed by atoms with Crippen molar-refractivity contribution in [2.24, 2.45) is 4.99 Å². The van der Waals surface area contributed by atoms with Gasteiger partial charge < -0.3 is 14.8 Å². The SMILES string of the molecule is COc1cc(/C=C2\SC(NC(C)=O)=NC2=O)ccc1OCc1ccccc1F. The first kappa shape index (κ1) is 19.6. The van der Waals surface area contributed by atoms with E-state index in [9.17, 15) is 14.0 Å². The number of nitrogens with one attached hydrogen (secondary N) is 1. The minimum atomic E-state index is -0.424. The number of ether oxygens (including phenoxy) is 2. The minimum Gasteiger partial charge on any atom is -0.493 e. The van der Waals surface area contributed by atoms with E-state index in [-0.39, 0.29) is 23.5 Å². The molecule has 2 aromatic rings. The molecule has 0 atom stereocenters. The van der Waals surface area contributed by atoms with Gasteiger partial charge in [-0.15, -0.1) is 0 Å². The smallest absolute Gasteiger partial charge is 0.286 e. The Balaban J connectivity index is 1.74. The van der Waals surface area contributed by atoms with Crippen LogP contribution >= 0.6 is 11.8 Å². The summed E-state index contributed by atoms with van der Waals surface area (Å²) in [6.45, 7) is 1.41. The van der Waals surface area contributed by atoms with E-state index in [0.29, 0.717) is 27.5 Å². The summed E-state index contributed by atoms with van der Waals surface area (Å²) in [5, 5.41) is 2.74. The summed E-state index contributed by atoms with van der Waals surface area (Å²) in [6.07, 6.45) is 1.65. The van der Waals surface area contributed by atoms with Crippen LogP contribution in [0, 0.1) is 5.82 Å². The van der Waals surface area contributed by atoms with Gasteiger partial charge in [0.05, 0.1) is 12.0 Å². The van der Waals surface area contributed by atoms with Crippen molar-refractivity contribution in [1.29, 1.82) is 0 Å². The lowest BCUT2D eigenvalue weighted by molar-refractivity contribution is -0.117. The molecule has 6 nitrogen and oxygen atoms in total. The molecule has 8 heteroatoms. The number of amidine groups is 1. The number of benzene rings is 2. The molecule has 1 aliphatic heterocycles. The van der Waals surface area contributed by atoms with Crippen LogP contribution in [0.25, 0.3) is 6.08 Å². The summed E-state index contributed by atoms with van der Waals surface area (Å²) in [5.41, 5.74) is 1.14. The summed E-state index contributed by atoms with van der Waals surface area (Å²) < 4.78 is 24.7. The van der Waals surface area contributed by atoms with Gasteiger partial charge in [-0.05, 0) is 41.6 Å². The summed E-state index contributed by atoms with van der Waals surface area (Å²) in [5.74, 6) is -0.155. The van der Waals surface area contributed by atoms with Gasteiger partial charge in [-0.3, -0.25) is 9.59 Å². The molecule has 0 aromatic heterocycles. The Morgan fingerprint density at radius 2 is 2.04 bits per heavy atom. The van der Waals surface area contributed by atoms with Crippen molar-refractivity contribution in [2.45, 2.75) is 13.5 Å². The first-order chi connectivity index (χ1) is 13.5. The van der Waals surface area contributed by atoms with Crippen molar-refractivity contribution in [3.8, 4) is 11.5 Å². The van der Waals surface area contributed by atoms with Crippen LogP contribution < -0.4 is 14.8 Å². The van der Waals surface area contributed by atoms with E-state index in [1.54, 1.807) is 42.5 Å². The normalized spacial score (nSPS) is 14.8. The molecule has 1 aliphatic rings. The van der Waals surface area contributed by atoms with Gasteiger partial charge in [0.25, 0.3) is 5.91 Å². The van der Waals surface area contributed by atoms with Crippen molar-refractivity contribution in [1.82, 2.24) is 5.32 Å². The van der Waals surface area contributed by atoms with E-state index in [2.05, 4.69) is 10.3 Å². The molecule has 3 rings (SSSR count). The lowest BCUT2D eigenvalue weighted by Gasteiger charge is -2.12. The lowest BCUT2D eigenvalue weighted by atomic mass is 10.2. The molecule has 0 spiro atoms. The van der Waals surface area contributed by atoms with Crippen LogP contribution in [-0.2, 0) is 16.2 Å². The number of carbonyl (C=O) groups is 2. The van der Waals surface area contributed by atoms with Crippen molar-refractivity contribution >= 4 is 34.8 Å². The molecule has 2 aromatic carbocycles. The molecule has 28 heavy (non-hydrogen) atoms. The number of rotatable bonds is 5. The number of halogens is 1. The van der Waals surface area contributed by atoms with Gasteiger partial charge in [0, 0.05) is 12.5 Å². The van der Waals surface area contributed by atoms with Crippen molar-refractivity contribution in [3.05, 3.63) is 64.3 Å². The molecule has 1 heterocycles. The van der Waals surface area contributed by atoms with Gasteiger partial charge in [-0.25, -0.2) is 4.39 Å². The second-order valence-corrected chi connectivity index (χ2v) is 6.83. The molecule has 0 saturated carbocycles. The fourth-order valence-corrected chi connectivity index (χ4v) is 3.29. The third-order valence-electron chi connectivity index (χ3n) is 3.73. The molecule has 0 bridgehead atoms. The van der Waals surface area contributed by atoms with Crippen LogP contribution in [0.5, 0.6) is 11.5 Å². The van der Waals surface area contributed by atoms with E-state index in [1.807, 2.05) is 0 Å². The monoisotopic (exact) mass is 400 g/mol. The highest BCUT2D eigenvalue weighted by Gasteiger charge is 2.22. The highest BCUT2D eigenvalue weighted by atomic mass is 32.2. The summed E-state index contributed by atoms with van der Waals surface area (Å²) in [7, 11) is 1.50. The molecule has 0 radical (unpaired) electrons. The largest absolute Gasteiger partial charge is 0.493 e. The zero-order valence-electron chi connectivity index (χ0n) is 15.2. The average molecular weight is 400 g/mol. The Kier molecular flexibility index (Phi) is 6.10. The summed E-state index contributed by atoms with van der Waals surface area (Å²) in [4.78, 5) is 27.2. The number of aliphatic imine (C=N–C) groups is 1. The van der Waals surface area contributed by atoms with Crippen LogP contribution in [-0.4, -0.2) is 24.1 Å². The fraction of sp³-hybridized carbons (Fsp3) is 0.150. The molecule has 2 amide bonds. The second-order valence-electron chi connectivity index (χ2n) is 5.80. The number of hydrogen-bond acceptors (Lipinski definition) is 5. The van der Waals surface area contributed by atoms with E-state index < -0.39 is 5.91 Å². The summed E-state index contributed by atoms with van der Waals surface area (Å²) in [6, 6.07) is 11.5. The summed E-state index contributed by atoms with van der Waals surface area (Å²) >= 11 is 1.08. The molecule has 0 aliphatic carbocycles. The van der Waals surface area contributed by atoms with E-state index in [0.717, 1.165) is 11.8 Å². The Labute approximate surface area is 165 Å². The molecule has 1 N–H and O–H groups in total. The number of amides is 2. The zero-order valence-corrected chi connectivity index (χ0v) is 16.0. The maximum atomic E-state index is 13.7. The number of nitrogens with zero attached hydrogens (tertiary/aromatic N) is 1. The topological polar surface area (TPSA) is 77.0 Å². The Hall–Kier alpha value is -3.13. The van der Waals surface area contributed by atoms with Crippen molar-refractivity contribution < 1.29 is 23.5 Å². The standard InChI is InChI=1S/C20H17FN2O4S/c1-12(24)22-20-23-19(25)18(28-20)10-13-7-8-16(17(9-13)26-2)27-11-14-5-3-4-6-15(14)21/h3-10H,11H2,1-2H3,(H,22,23,24,25)/b18-10-. The number of carbonyl (C=O) groups excluding carboxylic acids is 2. The average Bonchev–Trinajstić information content (AvgIpc) is 2.99. The number of methoxy groups -OCH3 is 1. The predicted octanol–water partition coefficient (Wildman–Crippen LogP) is 3.52. The Morgan fingerprint density at radius 1 is 1.25 bits per heavy atom. The Morgan fingerprint density at radius 3 is 2.75 bits per heavy atom. The molecule has 144 valence electrons. The van der Waals surface area contributed by atoms with Crippen LogP contribution in [0.4, 0.5) is 4.39 Å². The highest BCUT2D eigenvalue weighted by Crippen LogP contribution is 2.32. The maximum absolute atomic E-state index is 13.7. The fourth-order valence-electron chi connectivity index (χ4n) is 2.43. The van der Waals surface area contributed by atoms with E-state index in [4.69, 9.17) is 9.47 Å². The third-order valence-corrected chi connectivity index (χ3v) is 4.63. The number of hydrogen-bond donors (Lipinski definition) is 1. The molecule has 0 saturated heterocycles. The first-order valence-electron chi connectivity index (χ1n) is 8.30. The van der Waals surface area contributed by atoms with Gasteiger partial charge in [-0.2, -0.15) is 4.99 Å². The minimum absolute atomic E-state index is 0.0612. The van der Waals surface area contributed by atoms with E-state index >= 15 is 0 Å². The zero-order chi connectivity index (χ0) is 20.1. The van der Waals surface area contributed by atoms with Crippen LogP contribution in [0.2, 0.25) is 0 Å². The highest BCUT2D eigenvalue weighted by molar-refractivity contribution is 8.18. The molecule has 0 fully saturated rings. The lowest BCUT2D eigenvalue weighted by Crippen LogP contribution is -2.23. The van der Waals surface area contributed by atoms with Crippen molar-refractivity contribution in [2.75, 3.05) is 7.11 Å². The van der Waals surface area contributed by atoms with Gasteiger partial charge >= 0.3 is 0 Å². The third kappa shape index (κ3) is 4.77. The van der Waals surface area contributed by atoms with Crippen LogP contribution in [0.15, 0.2) is 52.4 Å². The van der Waals surface area contributed by atoms with Gasteiger partial charge in [-0.1, -0.05) is 24.3 Å². The quantitative estimate of drug-likeness (QED) is 0.777. The first-order valence-corrected chi connectivity index (χ1v) is 9.12.